The number of hydrogen-bond acceptors (Lipinski definition) is 3. The maximum atomic E-state index is 13.8. The number of aryl methyl sites for hydroxylation is 1. The van der Waals surface area contributed by atoms with E-state index in [4.69, 9.17) is 0 Å². The Morgan fingerprint density at radius 3 is 2.37 bits per heavy atom. The fourth-order valence-electron chi connectivity index (χ4n) is 5.75. The molecule has 0 bridgehead atoms. The van der Waals surface area contributed by atoms with E-state index in [0.717, 1.165) is 48.8 Å². The maximum absolute atomic E-state index is 13.8. The lowest BCUT2D eigenvalue weighted by atomic mass is 9.87. The first kappa shape index (κ1) is 24.2. The number of amides is 2. The van der Waals surface area contributed by atoms with Crippen molar-refractivity contribution in [2.24, 2.45) is 0 Å². The molecule has 1 unspecified atom stereocenters. The molecule has 6 nitrogen and oxygen atoms in total. The fraction of sp³-hybridized carbons (Fsp3) is 0.250. The molecule has 2 amide bonds. The largest absolute Gasteiger partial charge is 0.361 e. The Hall–Kier alpha value is -4.16. The number of hydrogen-bond donors (Lipinski definition) is 2. The lowest BCUT2D eigenvalue weighted by Gasteiger charge is -2.41. The van der Waals surface area contributed by atoms with E-state index in [0.29, 0.717) is 30.4 Å². The number of nitrogens with one attached hydrogen (secondary N) is 2. The highest BCUT2D eigenvalue weighted by Crippen LogP contribution is 2.26. The standard InChI is InChI=1S/C32H32N4O2/c37-31(24-9-2-1-3-10-24)34-30(21-26-22-33-29-13-7-6-12-28(26)29)32(38)36-18-16-35(17-19-36)27-15-14-23-8-4-5-11-25(23)20-27/h1-13,21-22,27,33H,14-20H2,(H,34,37)/b30-21-. The first-order valence-electron chi connectivity index (χ1n) is 13.4. The molecule has 38 heavy (non-hydrogen) atoms. The molecule has 4 aromatic rings. The van der Waals surface area contributed by atoms with E-state index in [2.05, 4.69) is 39.5 Å². The lowest BCUT2D eigenvalue weighted by Crippen LogP contribution is -2.54. The Balaban J connectivity index is 1.19. The van der Waals surface area contributed by atoms with E-state index in [1.165, 1.54) is 11.1 Å². The van der Waals surface area contributed by atoms with Crippen molar-refractivity contribution in [2.75, 3.05) is 26.2 Å². The van der Waals surface area contributed by atoms with Gasteiger partial charge in [0.05, 0.1) is 0 Å². The number of para-hydroxylation sites is 1. The number of aromatic nitrogens is 1. The van der Waals surface area contributed by atoms with Gasteiger partial charge < -0.3 is 15.2 Å². The molecule has 2 N–H and O–H groups in total. The van der Waals surface area contributed by atoms with E-state index >= 15 is 0 Å². The van der Waals surface area contributed by atoms with E-state index in [1.54, 1.807) is 18.2 Å². The molecule has 2 aliphatic rings. The van der Waals surface area contributed by atoms with Crippen molar-refractivity contribution in [3.05, 3.63) is 113 Å². The van der Waals surface area contributed by atoms with Gasteiger partial charge in [-0.05, 0) is 54.7 Å². The van der Waals surface area contributed by atoms with E-state index in [-0.39, 0.29) is 11.8 Å². The van der Waals surface area contributed by atoms with Crippen LogP contribution in [0.25, 0.3) is 17.0 Å². The van der Waals surface area contributed by atoms with Gasteiger partial charge in [-0.15, -0.1) is 0 Å². The van der Waals surface area contributed by atoms with Crippen LogP contribution in [0.15, 0.2) is 90.8 Å². The van der Waals surface area contributed by atoms with Crippen LogP contribution in [-0.4, -0.2) is 58.8 Å². The van der Waals surface area contributed by atoms with Gasteiger partial charge in [-0.25, -0.2) is 0 Å². The van der Waals surface area contributed by atoms with Crippen LogP contribution in [0.3, 0.4) is 0 Å². The average Bonchev–Trinajstić information content (AvgIpc) is 3.39. The molecule has 6 rings (SSSR count). The zero-order valence-electron chi connectivity index (χ0n) is 21.4. The van der Waals surface area contributed by atoms with Gasteiger partial charge in [0.2, 0.25) is 0 Å². The predicted molar refractivity (Wildman–Crippen MR) is 151 cm³/mol. The van der Waals surface area contributed by atoms with Crippen molar-refractivity contribution in [1.29, 1.82) is 0 Å². The summed E-state index contributed by atoms with van der Waals surface area (Å²) in [6.07, 6.45) is 7.02. The van der Waals surface area contributed by atoms with Crippen molar-refractivity contribution < 1.29 is 9.59 Å². The maximum Gasteiger partial charge on any atom is 0.270 e. The summed E-state index contributed by atoms with van der Waals surface area (Å²) in [7, 11) is 0. The van der Waals surface area contributed by atoms with Crippen LogP contribution >= 0.6 is 0 Å². The van der Waals surface area contributed by atoms with Crippen LogP contribution in [-0.2, 0) is 17.6 Å². The SMILES string of the molecule is O=C(N/C(=C\c1c[nH]c2ccccc12)C(=O)N1CCN(C2CCc3ccccc3C2)CC1)c1ccccc1. The summed E-state index contributed by atoms with van der Waals surface area (Å²) in [6, 6.07) is 26.2. The number of carbonyl (C=O) groups excluding carboxylic acids is 2. The summed E-state index contributed by atoms with van der Waals surface area (Å²) >= 11 is 0. The molecule has 1 atom stereocenters. The summed E-state index contributed by atoms with van der Waals surface area (Å²) in [4.78, 5) is 34.5. The Labute approximate surface area is 223 Å². The number of piperazine rings is 1. The molecule has 0 spiro atoms. The van der Waals surface area contributed by atoms with Gasteiger partial charge in [-0.3, -0.25) is 14.5 Å². The minimum absolute atomic E-state index is 0.145. The second-order valence-electron chi connectivity index (χ2n) is 10.2. The van der Waals surface area contributed by atoms with Gasteiger partial charge in [-0.1, -0.05) is 60.7 Å². The number of fused-ring (bicyclic) bond motifs is 2. The van der Waals surface area contributed by atoms with Crippen molar-refractivity contribution in [1.82, 2.24) is 20.1 Å². The third-order valence-corrected chi connectivity index (χ3v) is 7.87. The van der Waals surface area contributed by atoms with Crippen LogP contribution in [0, 0.1) is 0 Å². The third kappa shape index (κ3) is 5.00. The topological polar surface area (TPSA) is 68.4 Å². The number of carbonyl (C=O) groups is 2. The summed E-state index contributed by atoms with van der Waals surface area (Å²) in [5.41, 5.74) is 5.60. The molecule has 1 aliphatic heterocycles. The average molecular weight is 505 g/mol. The molecule has 192 valence electrons. The highest BCUT2D eigenvalue weighted by molar-refractivity contribution is 6.06. The van der Waals surface area contributed by atoms with Gasteiger partial charge >= 0.3 is 0 Å². The zero-order chi connectivity index (χ0) is 25.9. The highest BCUT2D eigenvalue weighted by atomic mass is 16.2. The molecule has 3 aromatic carbocycles. The van der Waals surface area contributed by atoms with Crippen molar-refractivity contribution in [3.63, 3.8) is 0 Å². The third-order valence-electron chi connectivity index (χ3n) is 7.87. The fourth-order valence-corrected chi connectivity index (χ4v) is 5.75. The molecule has 0 radical (unpaired) electrons. The Kier molecular flexibility index (Phi) is 6.80. The monoisotopic (exact) mass is 504 g/mol. The molecule has 1 saturated heterocycles. The predicted octanol–water partition coefficient (Wildman–Crippen LogP) is 4.64. The second kappa shape index (κ2) is 10.7. The zero-order valence-corrected chi connectivity index (χ0v) is 21.4. The lowest BCUT2D eigenvalue weighted by molar-refractivity contribution is -0.129. The minimum atomic E-state index is -0.287. The number of rotatable bonds is 5. The van der Waals surface area contributed by atoms with Gasteiger partial charge in [0.1, 0.15) is 5.70 Å². The Morgan fingerprint density at radius 2 is 1.55 bits per heavy atom. The van der Waals surface area contributed by atoms with E-state index in [1.807, 2.05) is 53.6 Å². The number of H-pyrrole nitrogens is 1. The molecule has 6 heteroatoms. The minimum Gasteiger partial charge on any atom is -0.361 e. The van der Waals surface area contributed by atoms with Crippen LogP contribution in [0.4, 0.5) is 0 Å². The van der Waals surface area contributed by atoms with E-state index < -0.39 is 0 Å². The summed E-state index contributed by atoms with van der Waals surface area (Å²) in [5, 5.41) is 3.93. The molecule has 0 saturated carbocycles. The van der Waals surface area contributed by atoms with Crippen molar-refractivity contribution in [2.45, 2.75) is 25.3 Å². The smallest absolute Gasteiger partial charge is 0.270 e. The molecular weight excluding hydrogens is 472 g/mol. The second-order valence-corrected chi connectivity index (χ2v) is 10.2. The molecule has 1 aromatic heterocycles. The van der Waals surface area contributed by atoms with Gasteiger partial charge in [0, 0.05) is 60.4 Å². The van der Waals surface area contributed by atoms with Crippen LogP contribution in [0.1, 0.15) is 33.5 Å². The first-order valence-corrected chi connectivity index (χ1v) is 13.4. The van der Waals surface area contributed by atoms with Crippen molar-refractivity contribution >= 4 is 28.8 Å². The van der Waals surface area contributed by atoms with Gasteiger partial charge in [0.15, 0.2) is 0 Å². The number of aromatic amines is 1. The normalized spacial score (nSPS) is 18.3. The van der Waals surface area contributed by atoms with Crippen LogP contribution in [0.5, 0.6) is 0 Å². The first-order chi connectivity index (χ1) is 18.7. The molecule has 2 heterocycles. The summed E-state index contributed by atoms with van der Waals surface area (Å²) < 4.78 is 0. The van der Waals surface area contributed by atoms with Gasteiger partial charge in [-0.2, -0.15) is 0 Å². The molecular formula is C32H32N4O2. The van der Waals surface area contributed by atoms with E-state index in [9.17, 15) is 9.59 Å². The van der Waals surface area contributed by atoms with Crippen molar-refractivity contribution in [3.8, 4) is 0 Å². The van der Waals surface area contributed by atoms with Gasteiger partial charge in [0.25, 0.3) is 11.8 Å². The Morgan fingerprint density at radius 1 is 0.842 bits per heavy atom. The molecule has 1 fully saturated rings. The molecule has 1 aliphatic carbocycles. The highest BCUT2D eigenvalue weighted by Gasteiger charge is 2.30. The number of benzene rings is 3. The quantitative estimate of drug-likeness (QED) is 0.389. The van der Waals surface area contributed by atoms with Crippen LogP contribution < -0.4 is 5.32 Å². The number of nitrogens with zero attached hydrogens (tertiary/aromatic N) is 2. The summed E-state index contributed by atoms with van der Waals surface area (Å²) in [5.74, 6) is -0.433. The summed E-state index contributed by atoms with van der Waals surface area (Å²) in [6.45, 7) is 2.96. The van der Waals surface area contributed by atoms with Crippen LogP contribution in [0.2, 0.25) is 0 Å². The Bertz CT molecular complexity index is 1480.